The zero-order valence-corrected chi connectivity index (χ0v) is 11.5. The highest BCUT2D eigenvalue weighted by molar-refractivity contribution is 5.28. The van der Waals surface area contributed by atoms with Crippen LogP contribution in [0.3, 0.4) is 0 Å². The third-order valence-electron chi connectivity index (χ3n) is 3.02. The number of nitrogens with one attached hydrogen (secondary N) is 1. The van der Waals surface area contributed by atoms with Crippen LogP contribution in [0.5, 0.6) is 5.75 Å². The second kappa shape index (κ2) is 6.38. The minimum atomic E-state index is 0.450. The molecule has 0 aliphatic carbocycles. The van der Waals surface area contributed by atoms with Gasteiger partial charge in [-0.15, -0.1) is 0 Å². The summed E-state index contributed by atoms with van der Waals surface area (Å²) in [5.74, 6) is 2.23. The first-order valence-electron chi connectivity index (χ1n) is 6.64. The van der Waals surface area contributed by atoms with Crippen LogP contribution in [0.4, 0.5) is 0 Å². The summed E-state index contributed by atoms with van der Waals surface area (Å²) in [5.41, 5.74) is 7.86. The minimum Gasteiger partial charge on any atom is -0.486 e. The number of hydrogen-bond acceptors (Lipinski definition) is 3. The monoisotopic (exact) mass is 259 g/mol. The van der Waals surface area contributed by atoms with Crippen LogP contribution < -0.4 is 10.5 Å². The molecule has 0 atom stereocenters. The highest BCUT2D eigenvalue weighted by Gasteiger charge is 2.02. The van der Waals surface area contributed by atoms with E-state index in [1.807, 2.05) is 18.3 Å². The zero-order valence-electron chi connectivity index (χ0n) is 11.5. The molecule has 4 heteroatoms. The standard InChI is InChI=1S/C15H21N3O/c1-11(2)12-3-5-14(6-4-12)19-10-15-17-9-13(18-15)7-8-16/h3-6,9,11H,7-8,10,16H2,1-2H3,(H,17,18). The first-order valence-corrected chi connectivity index (χ1v) is 6.64. The molecule has 1 aromatic heterocycles. The van der Waals surface area contributed by atoms with E-state index in [-0.39, 0.29) is 0 Å². The number of benzene rings is 1. The Morgan fingerprint density at radius 2 is 2.00 bits per heavy atom. The summed E-state index contributed by atoms with van der Waals surface area (Å²) in [6.45, 7) is 5.43. The van der Waals surface area contributed by atoms with Crippen molar-refractivity contribution in [3.63, 3.8) is 0 Å². The van der Waals surface area contributed by atoms with Gasteiger partial charge in [0.1, 0.15) is 18.2 Å². The quantitative estimate of drug-likeness (QED) is 0.838. The SMILES string of the molecule is CC(C)c1ccc(OCc2ncc(CCN)[nH]2)cc1. The molecule has 0 amide bonds. The topological polar surface area (TPSA) is 63.9 Å². The lowest BCUT2D eigenvalue weighted by molar-refractivity contribution is 0.297. The van der Waals surface area contributed by atoms with Crippen molar-refractivity contribution in [3.05, 3.63) is 47.5 Å². The van der Waals surface area contributed by atoms with Gasteiger partial charge in [0.25, 0.3) is 0 Å². The van der Waals surface area contributed by atoms with Gasteiger partial charge in [0.15, 0.2) is 0 Å². The van der Waals surface area contributed by atoms with Crippen molar-refractivity contribution in [2.24, 2.45) is 5.73 Å². The van der Waals surface area contributed by atoms with Gasteiger partial charge in [-0.05, 0) is 30.2 Å². The number of H-pyrrole nitrogens is 1. The molecule has 0 aliphatic heterocycles. The lowest BCUT2D eigenvalue weighted by Gasteiger charge is -2.07. The van der Waals surface area contributed by atoms with E-state index in [0.29, 0.717) is 19.1 Å². The van der Waals surface area contributed by atoms with Gasteiger partial charge >= 0.3 is 0 Å². The summed E-state index contributed by atoms with van der Waals surface area (Å²) in [5, 5.41) is 0. The fraction of sp³-hybridized carbons (Fsp3) is 0.400. The fourth-order valence-corrected chi connectivity index (χ4v) is 1.86. The van der Waals surface area contributed by atoms with Crippen LogP contribution in [0.15, 0.2) is 30.5 Å². The number of nitrogens with zero attached hydrogens (tertiary/aromatic N) is 1. The number of hydrogen-bond donors (Lipinski definition) is 2. The maximum absolute atomic E-state index is 5.69. The van der Waals surface area contributed by atoms with Crippen LogP contribution in [0.2, 0.25) is 0 Å². The van der Waals surface area contributed by atoms with Gasteiger partial charge in [-0.1, -0.05) is 26.0 Å². The number of ether oxygens (including phenoxy) is 1. The Bertz CT molecular complexity index is 502. The molecule has 0 fully saturated rings. The Labute approximate surface area is 114 Å². The number of imidazole rings is 1. The Kier molecular flexibility index (Phi) is 4.58. The summed E-state index contributed by atoms with van der Waals surface area (Å²) < 4.78 is 5.69. The first kappa shape index (κ1) is 13.6. The van der Waals surface area contributed by atoms with E-state index >= 15 is 0 Å². The molecule has 0 radical (unpaired) electrons. The Morgan fingerprint density at radius 1 is 1.26 bits per heavy atom. The molecule has 3 N–H and O–H groups in total. The van der Waals surface area contributed by atoms with E-state index in [2.05, 4.69) is 35.9 Å². The van der Waals surface area contributed by atoms with E-state index in [9.17, 15) is 0 Å². The summed E-state index contributed by atoms with van der Waals surface area (Å²) in [6.07, 6.45) is 2.63. The van der Waals surface area contributed by atoms with Gasteiger partial charge in [-0.3, -0.25) is 0 Å². The molecule has 1 aromatic carbocycles. The largest absolute Gasteiger partial charge is 0.486 e. The summed E-state index contributed by atoms with van der Waals surface area (Å²) in [4.78, 5) is 7.46. The highest BCUT2D eigenvalue weighted by Crippen LogP contribution is 2.19. The molecule has 102 valence electrons. The van der Waals surface area contributed by atoms with E-state index in [1.54, 1.807) is 0 Å². The van der Waals surface area contributed by atoms with Gasteiger partial charge in [-0.2, -0.15) is 0 Å². The molecule has 4 nitrogen and oxygen atoms in total. The predicted molar refractivity (Wildman–Crippen MR) is 76.2 cm³/mol. The Hall–Kier alpha value is -1.81. The smallest absolute Gasteiger partial charge is 0.146 e. The molecule has 2 aromatic rings. The third-order valence-corrected chi connectivity index (χ3v) is 3.02. The summed E-state index contributed by atoms with van der Waals surface area (Å²) >= 11 is 0. The fourth-order valence-electron chi connectivity index (χ4n) is 1.86. The number of rotatable bonds is 6. The number of aromatic nitrogens is 2. The van der Waals surface area contributed by atoms with Crippen LogP contribution in [-0.2, 0) is 13.0 Å². The predicted octanol–water partition coefficient (Wildman–Crippen LogP) is 2.61. The van der Waals surface area contributed by atoms with Crippen LogP contribution in [0, 0.1) is 0 Å². The molecule has 0 unspecified atom stereocenters. The lowest BCUT2D eigenvalue weighted by atomic mass is 10.0. The second-order valence-corrected chi connectivity index (χ2v) is 4.91. The number of nitrogens with two attached hydrogens (primary N) is 1. The Morgan fingerprint density at radius 3 is 2.63 bits per heavy atom. The van der Waals surface area contributed by atoms with Crippen molar-refractivity contribution >= 4 is 0 Å². The van der Waals surface area contributed by atoms with E-state index in [1.165, 1.54) is 5.56 Å². The lowest BCUT2D eigenvalue weighted by Crippen LogP contribution is -2.03. The summed E-state index contributed by atoms with van der Waals surface area (Å²) in [6, 6.07) is 8.20. The zero-order chi connectivity index (χ0) is 13.7. The van der Waals surface area contributed by atoms with Crippen LogP contribution in [0.1, 0.15) is 36.8 Å². The average Bonchev–Trinajstić information content (AvgIpc) is 2.85. The molecular weight excluding hydrogens is 238 g/mol. The average molecular weight is 259 g/mol. The second-order valence-electron chi connectivity index (χ2n) is 4.91. The maximum atomic E-state index is 5.69. The van der Waals surface area contributed by atoms with E-state index < -0.39 is 0 Å². The Balaban J connectivity index is 1.90. The number of aromatic amines is 1. The molecular formula is C15H21N3O. The highest BCUT2D eigenvalue weighted by atomic mass is 16.5. The normalized spacial score (nSPS) is 10.9. The van der Waals surface area contributed by atoms with Crippen molar-refractivity contribution in [2.45, 2.75) is 32.8 Å². The minimum absolute atomic E-state index is 0.450. The molecule has 0 aliphatic rings. The molecule has 1 heterocycles. The van der Waals surface area contributed by atoms with Gasteiger partial charge in [0.05, 0.1) is 0 Å². The molecule has 0 bridgehead atoms. The van der Waals surface area contributed by atoms with Crippen LogP contribution in [-0.4, -0.2) is 16.5 Å². The van der Waals surface area contributed by atoms with Gasteiger partial charge in [0, 0.05) is 18.3 Å². The van der Waals surface area contributed by atoms with Crippen molar-refractivity contribution in [3.8, 4) is 5.75 Å². The molecule has 2 rings (SSSR count). The van der Waals surface area contributed by atoms with Crippen molar-refractivity contribution < 1.29 is 4.74 Å². The van der Waals surface area contributed by atoms with E-state index in [4.69, 9.17) is 10.5 Å². The van der Waals surface area contributed by atoms with Crippen molar-refractivity contribution in [1.29, 1.82) is 0 Å². The molecule has 19 heavy (non-hydrogen) atoms. The molecule has 0 saturated carbocycles. The maximum Gasteiger partial charge on any atom is 0.146 e. The van der Waals surface area contributed by atoms with Crippen LogP contribution in [0.25, 0.3) is 0 Å². The molecule has 0 saturated heterocycles. The first-order chi connectivity index (χ1) is 9.19. The van der Waals surface area contributed by atoms with Gasteiger partial charge < -0.3 is 15.5 Å². The van der Waals surface area contributed by atoms with Crippen molar-refractivity contribution in [1.82, 2.24) is 9.97 Å². The van der Waals surface area contributed by atoms with Crippen LogP contribution >= 0.6 is 0 Å². The molecule has 0 spiro atoms. The van der Waals surface area contributed by atoms with E-state index in [0.717, 1.165) is 23.7 Å². The van der Waals surface area contributed by atoms with Gasteiger partial charge in [-0.25, -0.2) is 4.98 Å². The summed E-state index contributed by atoms with van der Waals surface area (Å²) in [7, 11) is 0. The third kappa shape index (κ3) is 3.83. The van der Waals surface area contributed by atoms with Crippen molar-refractivity contribution in [2.75, 3.05) is 6.54 Å². The van der Waals surface area contributed by atoms with Gasteiger partial charge in [0.2, 0.25) is 0 Å².